The average molecular weight is 419 g/mol. The molecule has 0 bridgehead atoms. The molecule has 1 saturated heterocycles. The number of sulfone groups is 1. The van der Waals surface area contributed by atoms with Crippen LogP contribution < -0.4 is 5.32 Å². The van der Waals surface area contributed by atoms with Gasteiger partial charge in [-0.3, -0.25) is 9.69 Å². The first-order valence-electron chi connectivity index (χ1n) is 9.97. The molecule has 2 aromatic rings. The third kappa shape index (κ3) is 6.65. The Morgan fingerprint density at radius 3 is 2.21 bits per heavy atom. The molecule has 1 aliphatic rings. The second kappa shape index (κ2) is 9.98. The number of amides is 1. The van der Waals surface area contributed by atoms with Gasteiger partial charge < -0.3 is 5.32 Å². The minimum atomic E-state index is -3.61. The smallest absolute Gasteiger partial charge is 0.221 e. The van der Waals surface area contributed by atoms with Crippen LogP contribution in [0.2, 0.25) is 0 Å². The highest BCUT2D eigenvalue weighted by Gasteiger charge is 2.16. The van der Waals surface area contributed by atoms with E-state index in [4.69, 9.17) is 0 Å². The summed E-state index contributed by atoms with van der Waals surface area (Å²) in [7, 11) is -3.61. The number of nitrogens with zero attached hydrogens (tertiary/aromatic N) is 1. The first-order chi connectivity index (χ1) is 13.9. The van der Waals surface area contributed by atoms with Crippen molar-refractivity contribution in [2.24, 2.45) is 0 Å². The van der Waals surface area contributed by atoms with Crippen LogP contribution in [0, 0.1) is 5.82 Å². The third-order valence-corrected chi connectivity index (χ3v) is 6.87. The molecule has 2 aromatic carbocycles. The topological polar surface area (TPSA) is 66.5 Å². The van der Waals surface area contributed by atoms with E-state index in [1.54, 1.807) is 0 Å². The van der Waals surface area contributed by atoms with E-state index in [1.165, 1.54) is 37.0 Å². The van der Waals surface area contributed by atoms with Crippen molar-refractivity contribution in [2.75, 3.05) is 18.8 Å². The summed E-state index contributed by atoms with van der Waals surface area (Å²) in [6, 6.07) is 12.8. The van der Waals surface area contributed by atoms with Crippen LogP contribution in [0.4, 0.5) is 4.39 Å². The van der Waals surface area contributed by atoms with Gasteiger partial charge in [0.25, 0.3) is 0 Å². The Labute approximate surface area is 171 Å². The van der Waals surface area contributed by atoms with Gasteiger partial charge in [-0.05, 0) is 61.3 Å². The minimum absolute atomic E-state index is 0.0241. The fraction of sp³-hybridized carbons (Fsp3) is 0.409. The van der Waals surface area contributed by atoms with Gasteiger partial charge in [0.1, 0.15) is 5.82 Å². The van der Waals surface area contributed by atoms with E-state index in [9.17, 15) is 17.6 Å². The van der Waals surface area contributed by atoms with Gasteiger partial charge in [0.2, 0.25) is 5.91 Å². The number of likely N-dealkylation sites (tertiary alicyclic amines) is 1. The van der Waals surface area contributed by atoms with Gasteiger partial charge in [-0.2, -0.15) is 0 Å². The zero-order valence-electron chi connectivity index (χ0n) is 16.4. The summed E-state index contributed by atoms with van der Waals surface area (Å²) in [5.41, 5.74) is 2.23. The summed E-state index contributed by atoms with van der Waals surface area (Å²) < 4.78 is 37.4. The monoisotopic (exact) mass is 418 g/mol. The SMILES string of the molecule is O=C(CCS(=O)(=O)c1ccc(F)cc1)NCc1ccc(CN2CCCCC2)cc1. The molecule has 1 fully saturated rings. The average Bonchev–Trinajstić information content (AvgIpc) is 2.73. The van der Waals surface area contributed by atoms with Crippen LogP contribution in [0.3, 0.4) is 0 Å². The number of nitrogens with one attached hydrogen (secondary N) is 1. The number of hydrogen-bond donors (Lipinski definition) is 1. The van der Waals surface area contributed by atoms with E-state index < -0.39 is 15.7 Å². The Morgan fingerprint density at radius 2 is 1.55 bits per heavy atom. The van der Waals surface area contributed by atoms with Crippen molar-refractivity contribution < 1.29 is 17.6 Å². The summed E-state index contributed by atoms with van der Waals surface area (Å²) in [5, 5.41) is 2.76. The highest BCUT2D eigenvalue weighted by atomic mass is 32.2. The highest BCUT2D eigenvalue weighted by molar-refractivity contribution is 7.91. The van der Waals surface area contributed by atoms with Gasteiger partial charge in [-0.25, -0.2) is 12.8 Å². The second-order valence-electron chi connectivity index (χ2n) is 7.45. The third-order valence-electron chi connectivity index (χ3n) is 5.14. The summed E-state index contributed by atoms with van der Waals surface area (Å²) in [6.45, 7) is 3.62. The number of carbonyl (C=O) groups is 1. The van der Waals surface area contributed by atoms with Crippen molar-refractivity contribution in [3.8, 4) is 0 Å². The van der Waals surface area contributed by atoms with Crippen LogP contribution >= 0.6 is 0 Å². The van der Waals surface area contributed by atoms with Crippen molar-refractivity contribution >= 4 is 15.7 Å². The van der Waals surface area contributed by atoms with Crippen LogP contribution in [0.15, 0.2) is 53.4 Å². The molecule has 1 heterocycles. The molecule has 7 heteroatoms. The number of benzene rings is 2. The number of halogens is 1. The molecule has 0 unspecified atom stereocenters. The van der Waals surface area contributed by atoms with E-state index in [0.717, 1.165) is 37.3 Å². The Hall–Kier alpha value is -2.25. The molecule has 0 saturated carbocycles. The molecule has 29 heavy (non-hydrogen) atoms. The molecule has 0 aromatic heterocycles. The van der Waals surface area contributed by atoms with Gasteiger partial charge in [0.15, 0.2) is 9.84 Å². The molecule has 0 spiro atoms. The predicted molar refractivity (Wildman–Crippen MR) is 110 cm³/mol. The van der Waals surface area contributed by atoms with Gasteiger partial charge in [-0.15, -0.1) is 0 Å². The molecule has 1 aliphatic heterocycles. The molecule has 1 N–H and O–H groups in total. The van der Waals surface area contributed by atoms with Crippen LogP contribution in [0.5, 0.6) is 0 Å². The second-order valence-corrected chi connectivity index (χ2v) is 9.56. The number of rotatable bonds is 8. The summed E-state index contributed by atoms with van der Waals surface area (Å²) in [4.78, 5) is 14.5. The lowest BCUT2D eigenvalue weighted by molar-refractivity contribution is -0.120. The normalized spacial score (nSPS) is 15.2. The van der Waals surface area contributed by atoms with Crippen molar-refractivity contribution in [2.45, 2.75) is 43.7 Å². The molecule has 3 rings (SSSR count). The predicted octanol–water partition coefficient (Wildman–Crippen LogP) is 3.29. The fourth-order valence-electron chi connectivity index (χ4n) is 3.41. The maximum atomic E-state index is 12.9. The lowest BCUT2D eigenvalue weighted by atomic mass is 10.1. The standard InChI is InChI=1S/C22H27FN2O3S/c23-20-8-10-21(11-9-20)29(27,28)15-12-22(26)24-16-18-4-6-19(7-5-18)17-25-13-2-1-3-14-25/h4-11H,1-3,12-17H2,(H,24,26). The minimum Gasteiger partial charge on any atom is -0.352 e. The van der Waals surface area contributed by atoms with Gasteiger partial charge in [0, 0.05) is 19.5 Å². The Morgan fingerprint density at radius 1 is 0.931 bits per heavy atom. The maximum Gasteiger partial charge on any atom is 0.221 e. The maximum absolute atomic E-state index is 12.9. The van der Waals surface area contributed by atoms with Crippen LogP contribution in [0.1, 0.15) is 36.8 Å². The van der Waals surface area contributed by atoms with Crippen LogP contribution in [-0.2, 0) is 27.7 Å². The molecule has 0 radical (unpaired) electrons. The summed E-state index contributed by atoms with van der Waals surface area (Å²) in [5.74, 6) is -1.13. The lowest BCUT2D eigenvalue weighted by Crippen LogP contribution is -2.29. The molecule has 5 nitrogen and oxygen atoms in total. The molecular formula is C22H27FN2O3S. The van der Waals surface area contributed by atoms with Crippen molar-refractivity contribution in [1.82, 2.24) is 10.2 Å². The van der Waals surface area contributed by atoms with E-state index in [2.05, 4.69) is 22.3 Å². The first kappa shape index (κ1) is 21.5. The summed E-state index contributed by atoms with van der Waals surface area (Å²) >= 11 is 0. The number of hydrogen-bond acceptors (Lipinski definition) is 4. The van der Waals surface area contributed by atoms with Gasteiger partial charge >= 0.3 is 0 Å². The van der Waals surface area contributed by atoms with Gasteiger partial charge in [0.05, 0.1) is 10.6 Å². The van der Waals surface area contributed by atoms with Crippen LogP contribution in [0.25, 0.3) is 0 Å². The van der Waals surface area contributed by atoms with Gasteiger partial charge in [-0.1, -0.05) is 30.7 Å². The largest absolute Gasteiger partial charge is 0.352 e. The zero-order chi connectivity index (χ0) is 20.7. The molecule has 1 amide bonds. The van der Waals surface area contributed by atoms with E-state index in [0.29, 0.717) is 6.54 Å². The quantitative estimate of drug-likeness (QED) is 0.668. The molecular weight excluding hydrogens is 391 g/mol. The molecule has 156 valence electrons. The van der Waals surface area contributed by atoms with E-state index >= 15 is 0 Å². The highest BCUT2D eigenvalue weighted by Crippen LogP contribution is 2.14. The molecule has 0 aliphatic carbocycles. The first-order valence-corrected chi connectivity index (χ1v) is 11.6. The zero-order valence-corrected chi connectivity index (χ0v) is 17.3. The summed E-state index contributed by atoms with van der Waals surface area (Å²) in [6.07, 6.45) is 3.72. The molecule has 0 atom stereocenters. The van der Waals surface area contributed by atoms with Crippen molar-refractivity contribution in [3.05, 3.63) is 65.5 Å². The fourth-order valence-corrected chi connectivity index (χ4v) is 4.65. The Kier molecular flexibility index (Phi) is 7.39. The van der Waals surface area contributed by atoms with Crippen molar-refractivity contribution in [1.29, 1.82) is 0 Å². The number of carbonyl (C=O) groups excluding carboxylic acids is 1. The lowest BCUT2D eigenvalue weighted by Gasteiger charge is -2.26. The number of piperidine rings is 1. The Balaban J connectivity index is 1.43. The van der Waals surface area contributed by atoms with Crippen LogP contribution in [-0.4, -0.2) is 38.1 Å². The van der Waals surface area contributed by atoms with E-state index in [1.807, 2.05) is 12.1 Å². The Bertz CT molecular complexity index is 906. The van der Waals surface area contributed by atoms with E-state index in [-0.39, 0.29) is 23.0 Å². The van der Waals surface area contributed by atoms with Crippen molar-refractivity contribution in [3.63, 3.8) is 0 Å².